The Hall–Kier alpha value is -0.870. The average Bonchev–Trinajstić information content (AvgIpc) is 2.57. The Kier molecular flexibility index (Phi) is 3.84. The van der Waals surface area contributed by atoms with Crippen molar-refractivity contribution >= 4 is 33.0 Å². The van der Waals surface area contributed by atoms with Crippen molar-refractivity contribution in [1.82, 2.24) is 0 Å². The lowest BCUT2D eigenvalue weighted by Crippen LogP contribution is -2.02. The number of hydrogen-bond donors (Lipinski definition) is 1. The molecule has 1 nitrogen and oxygen atoms in total. The van der Waals surface area contributed by atoms with Crippen molar-refractivity contribution in [3.05, 3.63) is 49.9 Å². The lowest BCUT2D eigenvalue weighted by Gasteiger charge is -2.09. The summed E-state index contributed by atoms with van der Waals surface area (Å²) in [6.07, 6.45) is 0. The van der Waals surface area contributed by atoms with Gasteiger partial charge in [0.2, 0.25) is 0 Å². The zero-order chi connectivity index (χ0) is 12.4. The molecule has 0 atom stereocenters. The first-order valence-corrected chi connectivity index (χ1v) is 6.92. The van der Waals surface area contributed by atoms with Crippen molar-refractivity contribution in [2.75, 3.05) is 5.32 Å². The van der Waals surface area contributed by atoms with E-state index in [1.165, 1.54) is 21.4 Å². The second-order valence-electron chi connectivity index (χ2n) is 3.89. The van der Waals surface area contributed by atoms with Crippen LogP contribution < -0.4 is 5.32 Å². The summed E-state index contributed by atoms with van der Waals surface area (Å²) in [4.78, 5) is 2.56. The first-order valence-electron chi connectivity index (χ1n) is 5.31. The summed E-state index contributed by atoms with van der Waals surface area (Å²) in [5.74, 6) is -0.232. The standard InChI is InChI=1S/C13H13BrFNS/c1-8-6-10(9(2)17-8)7-16-13-11(14)4-3-5-12(13)15/h3-6,16H,7H2,1-2H3. The molecule has 2 aromatic rings. The highest BCUT2D eigenvalue weighted by Gasteiger charge is 2.07. The lowest BCUT2D eigenvalue weighted by molar-refractivity contribution is 0.629. The Morgan fingerprint density at radius 1 is 1.35 bits per heavy atom. The third kappa shape index (κ3) is 2.87. The smallest absolute Gasteiger partial charge is 0.147 e. The first kappa shape index (κ1) is 12.6. The number of benzene rings is 1. The third-order valence-corrected chi connectivity index (χ3v) is 4.23. The van der Waals surface area contributed by atoms with Gasteiger partial charge in [0.1, 0.15) is 5.82 Å². The molecule has 0 saturated heterocycles. The van der Waals surface area contributed by atoms with Gasteiger partial charge < -0.3 is 5.32 Å². The largest absolute Gasteiger partial charge is 0.378 e. The van der Waals surface area contributed by atoms with E-state index in [-0.39, 0.29) is 5.82 Å². The molecule has 0 spiro atoms. The van der Waals surface area contributed by atoms with Crippen LogP contribution in [0.25, 0.3) is 0 Å². The van der Waals surface area contributed by atoms with Crippen LogP contribution in [0.15, 0.2) is 28.7 Å². The van der Waals surface area contributed by atoms with Crippen LogP contribution in [-0.2, 0) is 6.54 Å². The van der Waals surface area contributed by atoms with Crippen LogP contribution in [0, 0.1) is 19.7 Å². The quantitative estimate of drug-likeness (QED) is 0.851. The number of rotatable bonds is 3. The van der Waals surface area contributed by atoms with Crippen molar-refractivity contribution in [2.24, 2.45) is 0 Å². The van der Waals surface area contributed by atoms with E-state index in [0.29, 0.717) is 12.2 Å². The van der Waals surface area contributed by atoms with E-state index in [4.69, 9.17) is 0 Å². The van der Waals surface area contributed by atoms with Crippen molar-refractivity contribution in [1.29, 1.82) is 0 Å². The summed E-state index contributed by atoms with van der Waals surface area (Å²) in [5, 5.41) is 3.14. The Morgan fingerprint density at radius 3 is 2.71 bits per heavy atom. The maximum atomic E-state index is 13.6. The molecular formula is C13H13BrFNS. The highest BCUT2D eigenvalue weighted by molar-refractivity contribution is 9.10. The Morgan fingerprint density at radius 2 is 2.12 bits per heavy atom. The molecule has 1 aromatic carbocycles. The first-order chi connectivity index (χ1) is 8.08. The minimum absolute atomic E-state index is 0.232. The maximum Gasteiger partial charge on any atom is 0.147 e. The molecule has 17 heavy (non-hydrogen) atoms. The third-order valence-electron chi connectivity index (χ3n) is 2.56. The van der Waals surface area contributed by atoms with Gasteiger partial charge in [-0.15, -0.1) is 11.3 Å². The zero-order valence-electron chi connectivity index (χ0n) is 9.68. The van der Waals surface area contributed by atoms with Gasteiger partial charge in [-0.25, -0.2) is 4.39 Å². The van der Waals surface area contributed by atoms with Gasteiger partial charge in [-0.2, -0.15) is 0 Å². The van der Waals surface area contributed by atoms with Crippen LogP contribution >= 0.6 is 27.3 Å². The van der Waals surface area contributed by atoms with Gasteiger partial charge >= 0.3 is 0 Å². The summed E-state index contributed by atoms with van der Waals surface area (Å²) < 4.78 is 14.3. The van der Waals surface area contributed by atoms with Crippen LogP contribution in [0.2, 0.25) is 0 Å². The van der Waals surface area contributed by atoms with Gasteiger partial charge in [-0.1, -0.05) is 6.07 Å². The fourth-order valence-electron chi connectivity index (χ4n) is 1.71. The molecule has 0 fully saturated rings. The van der Waals surface area contributed by atoms with Crippen molar-refractivity contribution in [2.45, 2.75) is 20.4 Å². The normalized spacial score (nSPS) is 10.6. The maximum absolute atomic E-state index is 13.6. The fourth-order valence-corrected chi connectivity index (χ4v) is 3.14. The van der Waals surface area contributed by atoms with E-state index < -0.39 is 0 Å². The highest BCUT2D eigenvalue weighted by atomic mass is 79.9. The van der Waals surface area contributed by atoms with Crippen LogP contribution in [0.3, 0.4) is 0 Å². The van der Waals surface area contributed by atoms with E-state index in [2.05, 4.69) is 41.2 Å². The summed E-state index contributed by atoms with van der Waals surface area (Å²) in [6, 6.07) is 7.11. The topological polar surface area (TPSA) is 12.0 Å². The molecule has 0 unspecified atom stereocenters. The monoisotopic (exact) mass is 313 g/mol. The molecule has 0 radical (unpaired) electrons. The molecule has 1 aromatic heterocycles. The Labute approximate surface area is 113 Å². The highest BCUT2D eigenvalue weighted by Crippen LogP contribution is 2.27. The van der Waals surface area contributed by atoms with Gasteiger partial charge in [0.15, 0.2) is 0 Å². The summed E-state index contributed by atoms with van der Waals surface area (Å²) in [7, 11) is 0. The Balaban J connectivity index is 2.15. The minimum atomic E-state index is -0.232. The van der Waals surface area contributed by atoms with Gasteiger partial charge in [0.25, 0.3) is 0 Å². The van der Waals surface area contributed by atoms with Crippen LogP contribution in [0.1, 0.15) is 15.3 Å². The predicted molar refractivity (Wildman–Crippen MR) is 75.2 cm³/mol. The van der Waals surface area contributed by atoms with E-state index in [0.717, 1.165) is 4.47 Å². The number of anilines is 1. The predicted octanol–water partition coefficient (Wildman–Crippen LogP) is 4.88. The number of thiophene rings is 1. The number of para-hydroxylation sites is 1. The molecule has 1 N–H and O–H groups in total. The van der Waals surface area contributed by atoms with E-state index in [9.17, 15) is 4.39 Å². The number of hydrogen-bond acceptors (Lipinski definition) is 2. The molecule has 0 aliphatic rings. The fraction of sp³-hybridized carbons (Fsp3) is 0.231. The van der Waals surface area contributed by atoms with Crippen molar-refractivity contribution < 1.29 is 4.39 Å². The molecule has 0 amide bonds. The SMILES string of the molecule is Cc1cc(CNc2c(F)cccc2Br)c(C)s1. The summed E-state index contributed by atoms with van der Waals surface area (Å²) in [5.41, 5.74) is 1.75. The molecule has 0 aliphatic carbocycles. The minimum Gasteiger partial charge on any atom is -0.378 e. The molecular weight excluding hydrogens is 301 g/mol. The Bertz CT molecular complexity index is 516. The van der Waals surface area contributed by atoms with Gasteiger partial charge in [-0.3, -0.25) is 0 Å². The summed E-state index contributed by atoms with van der Waals surface area (Å²) in [6.45, 7) is 4.82. The zero-order valence-corrected chi connectivity index (χ0v) is 12.1. The van der Waals surface area contributed by atoms with Crippen molar-refractivity contribution in [3.63, 3.8) is 0 Å². The van der Waals surface area contributed by atoms with Gasteiger partial charge in [-0.05, 0) is 53.5 Å². The molecule has 0 bridgehead atoms. The average molecular weight is 314 g/mol. The number of halogens is 2. The number of nitrogens with one attached hydrogen (secondary N) is 1. The van der Waals surface area contributed by atoms with E-state index in [1.54, 1.807) is 17.4 Å². The van der Waals surface area contributed by atoms with Crippen LogP contribution in [0.5, 0.6) is 0 Å². The molecule has 1 heterocycles. The lowest BCUT2D eigenvalue weighted by atomic mass is 10.2. The van der Waals surface area contributed by atoms with Gasteiger partial charge in [0.05, 0.1) is 5.69 Å². The molecule has 2 rings (SSSR count). The molecule has 0 aliphatic heterocycles. The second kappa shape index (κ2) is 5.19. The van der Waals surface area contributed by atoms with E-state index in [1.807, 2.05) is 6.07 Å². The van der Waals surface area contributed by atoms with Crippen LogP contribution in [-0.4, -0.2) is 0 Å². The number of aryl methyl sites for hydroxylation is 2. The second-order valence-corrected chi connectivity index (χ2v) is 6.20. The van der Waals surface area contributed by atoms with Gasteiger partial charge in [0, 0.05) is 20.8 Å². The van der Waals surface area contributed by atoms with Crippen molar-refractivity contribution in [3.8, 4) is 0 Å². The molecule has 90 valence electrons. The molecule has 4 heteroatoms. The summed E-state index contributed by atoms with van der Waals surface area (Å²) >= 11 is 5.11. The molecule has 0 saturated carbocycles. The van der Waals surface area contributed by atoms with E-state index >= 15 is 0 Å². The van der Waals surface area contributed by atoms with Crippen LogP contribution in [0.4, 0.5) is 10.1 Å².